The highest BCUT2D eigenvalue weighted by Gasteiger charge is 2.18. The summed E-state index contributed by atoms with van der Waals surface area (Å²) >= 11 is 1.81. The van der Waals surface area contributed by atoms with E-state index >= 15 is 0 Å². The number of pyridine rings is 1. The number of nitrogens with zero attached hydrogens (tertiary/aromatic N) is 3. The number of hydrogen-bond acceptors (Lipinski definition) is 4. The molecule has 0 spiro atoms. The first kappa shape index (κ1) is 34.7. The van der Waals surface area contributed by atoms with Gasteiger partial charge in [-0.15, -0.1) is 11.3 Å². The lowest BCUT2D eigenvalue weighted by molar-refractivity contribution is 1.18. The van der Waals surface area contributed by atoms with Crippen molar-refractivity contribution in [3.05, 3.63) is 212 Å². The summed E-state index contributed by atoms with van der Waals surface area (Å²) in [5, 5.41) is 3.68. The van der Waals surface area contributed by atoms with Gasteiger partial charge in [-0.05, 0) is 57.6 Å². The van der Waals surface area contributed by atoms with Gasteiger partial charge in [-0.1, -0.05) is 188 Å². The van der Waals surface area contributed by atoms with Gasteiger partial charge in [0.2, 0.25) is 0 Å². The fraction of sp³-hybridized carbons (Fsp3) is 0. The van der Waals surface area contributed by atoms with Gasteiger partial charge in [-0.3, -0.25) is 0 Å². The van der Waals surface area contributed by atoms with E-state index in [1.54, 1.807) is 0 Å². The predicted molar refractivity (Wildman–Crippen MR) is 248 cm³/mol. The third-order valence-corrected chi connectivity index (χ3v) is 12.3. The minimum absolute atomic E-state index is 0.676. The molecular weight excluding hydrogens is 735 g/mol. The summed E-state index contributed by atoms with van der Waals surface area (Å²) < 4.78 is 2.45. The molecule has 276 valence electrons. The van der Waals surface area contributed by atoms with Crippen molar-refractivity contribution in [3.8, 4) is 78.5 Å². The second kappa shape index (κ2) is 14.8. The van der Waals surface area contributed by atoms with Crippen molar-refractivity contribution in [1.82, 2.24) is 15.0 Å². The Bertz CT molecular complexity index is 3170. The molecule has 3 aromatic heterocycles. The quantitative estimate of drug-likeness (QED) is 0.162. The number of benzene rings is 8. The molecule has 0 radical (unpaired) electrons. The second-order valence-electron chi connectivity index (χ2n) is 14.8. The maximum Gasteiger partial charge on any atom is 0.160 e. The zero-order chi connectivity index (χ0) is 39.1. The van der Waals surface area contributed by atoms with Gasteiger partial charge in [-0.2, -0.15) is 0 Å². The van der Waals surface area contributed by atoms with E-state index in [0.29, 0.717) is 5.82 Å². The van der Waals surface area contributed by atoms with Gasteiger partial charge < -0.3 is 0 Å². The molecule has 0 fully saturated rings. The molecule has 0 aliphatic heterocycles. The van der Waals surface area contributed by atoms with Crippen molar-refractivity contribution in [1.29, 1.82) is 0 Å². The van der Waals surface area contributed by atoms with Crippen molar-refractivity contribution in [2.45, 2.75) is 0 Å². The van der Waals surface area contributed by atoms with E-state index in [9.17, 15) is 0 Å². The number of thiophene rings is 1. The van der Waals surface area contributed by atoms with Crippen LogP contribution in [0.5, 0.6) is 0 Å². The third-order valence-electron chi connectivity index (χ3n) is 11.1. The molecule has 0 saturated carbocycles. The van der Waals surface area contributed by atoms with Gasteiger partial charge in [-0.25, -0.2) is 15.0 Å². The van der Waals surface area contributed by atoms with Gasteiger partial charge in [0.05, 0.1) is 27.3 Å². The fourth-order valence-electron chi connectivity index (χ4n) is 8.07. The zero-order valence-corrected chi connectivity index (χ0v) is 32.8. The summed E-state index contributed by atoms with van der Waals surface area (Å²) in [6, 6.07) is 74.9. The van der Waals surface area contributed by atoms with E-state index in [-0.39, 0.29) is 0 Å². The van der Waals surface area contributed by atoms with Crippen LogP contribution in [0.1, 0.15) is 0 Å². The van der Waals surface area contributed by atoms with Crippen molar-refractivity contribution in [3.63, 3.8) is 0 Å². The molecule has 11 rings (SSSR count). The summed E-state index contributed by atoms with van der Waals surface area (Å²) in [6.45, 7) is 0. The van der Waals surface area contributed by atoms with Crippen LogP contribution in [0.3, 0.4) is 0 Å². The molecule has 59 heavy (non-hydrogen) atoms. The first-order valence-electron chi connectivity index (χ1n) is 19.8. The minimum Gasteiger partial charge on any atom is -0.246 e. The van der Waals surface area contributed by atoms with Crippen LogP contribution in [-0.2, 0) is 0 Å². The summed E-state index contributed by atoms with van der Waals surface area (Å²) in [5.41, 5.74) is 14.9. The average molecular weight is 770 g/mol. The highest BCUT2D eigenvalue weighted by atomic mass is 32.1. The molecule has 0 unspecified atom stereocenters. The molecule has 0 amide bonds. The van der Waals surface area contributed by atoms with Crippen LogP contribution in [0.15, 0.2) is 212 Å². The molecule has 3 nitrogen and oxygen atoms in total. The molecule has 8 aromatic carbocycles. The van der Waals surface area contributed by atoms with Crippen LogP contribution in [-0.4, -0.2) is 15.0 Å². The van der Waals surface area contributed by atoms with Crippen molar-refractivity contribution in [2.75, 3.05) is 0 Å². The Morgan fingerprint density at radius 2 is 0.746 bits per heavy atom. The summed E-state index contributed by atoms with van der Waals surface area (Å²) in [7, 11) is 0. The zero-order valence-electron chi connectivity index (χ0n) is 32.0. The smallest absolute Gasteiger partial charge is 0.160 e. The number of fused-ring (bicyclic) bond motifs is 5. The summed E-state index contributed by atoms with van der Waals surface area (Å²) in [4.78, 5) is 15.7. The Kier molecular flexibility index (Phi) is 8.68. The lowest BCUT2D eigenvalue weighted by Gasteiger charge is -2.12. The van der Waals surface area contributed by atoms with Gasteiger partial charge >= 0.3 is 0 Å². The average Bonchev–Trinajstić information content (AvgIpc) is 3.72. The van der Waals surface area contributed by atoms with Gasteiger partial charge in [0, 0.05) is 43.1 Å². The lowest BCUT2D eigenvalue weighted by atomic mass is 9.98. The molecule has 0 aliphatic carbocycles. The molecule has 11 aromatic rings. The first-order chi connectivity index (χ1) is 29.2. The van der Waals surface area contributed by atoms with Crippen molar-refractivity contribution >= 4 is 42.4 Å². The number of hydrogen-bond donors (Lipinski definition) is 0. The minimum atomic E-state index is 0.676. The van der Waals surface area contributed by atoms with Crippen LogP contribution in [0.2, 0.25) is 0 Å². The molecule has 0 N–H and O–H groups in total. The highest BCUT2D eigenvalue weighted by Crippen LogP contribution is 2.44. The molecule has 0 saturated heterocycles. The fourth-order valence-corrected chi connectivity index (χ4v) is 9.30. The van der Waals surface area contributed by atoms with Crippen LogP contribution < -0.4 is 0 Å². The standard InChI is InChI=1S/C55H35N3S/c1-4-12-36(13-5-1)39-20-24-41(25-21-39)49-35-50(42-26-22-40(23-27-42)37-14-6-2-7-15-37)58-55(57-49)44-30-28-43(29-31-44)53-54-52(46-18-10-11-19-51(46)59-54)47-34-45(32-33-48(47)56-53)38-16-8-3-9-17-38/h1-35H. The highest BCUT2D eigenvalue weighted by molar-refractivity contribution is 7.26. The molecule has 0 atom stereocenters. The SMILES string of the molecule is c1ccc(-c2ccc(-c3cc(-c4ccc(-c5ccccc5)cc4)nc(-c4ccc(-c5nc6ccc(-c7ccccc7)cc6c6c5sc5ccccc56)cc4)n3)cc2)cc1. The summed E-state index contributed by atoms with van der Waals surface area (Å²) in [5.74, 6) is 0.676. The van der Waals surface area contributed by atoms with Crippen LogP contribution >= 0.6 is 11.3 Å². The van der Waals surface area contributed by atoms with Crippen LogP contribution in [0, 0.1) is 0 Å². The molecular formula is C55H35N3S. The Labute approximate surface area is 346 Å². The monoisotopic (exact) mass is 769 g/mol. The molecule has 4 heteroatoms. The Hall–Kier alpha value is -7.53. The van der Waals surface area contributed by atoms with Crippen molar-refractivity contribution < 1.29 is 0 Å². The van der Waals surface area contributed by atoms with Crippen LogP contribution in [0.25, 0.3) is 110 Å². The van der Waals surface area contributed by atoms with E-state index in [4.69, 9.17) is 15.0 Å². The molecule has 0 aliphatic rings. The van der Waals surface area contributed by atoms with Gasteiger partial charge in [0.15, 0.2) is 5.82 Å². The molecule has 3 heterocycles. The van der Waals surface area contributed by atoms with E-state index < -0.39 is 0 Å². The Morgan fingerprint density at radius 3 is 1.32 bits per heavy atom. The number of aromatic nitrogens is 3. The van der Waals surface area contributed by atoms with Gasteiger partial charge in [0.25, 0.3) is 0 Å². The maximum absolute atomic E-state index is 5.35. The number of rotatable bonds is 7. The normalized spacial score (nSPS) is 11.4. The second-order valence-corrected chi connectivity index (χ2v) is 15.8. The first-order valence-corrected chi connectivity index (χ1v) is 20.7. The molecule has 0 bridgehead atoms. The predicted octanol–water partition coefficient (Wildman–Crippen LogP) is 15.1. The topological polar surface area (TPSA) is 38.7 Å². The Balaban J connectivity index is 1.01. The maximum atomic E-state index is 5.35. The van der Waals surface area contributed by atoms with E-state index in [1.807, 2.05) is 23.5 Å². The lowest BCUT2D eigenvalue weighted by Crippen LogP contribution is -1.96. The van der Waals surface area contributed by atoms with E-state index in [1.165, 1.54) is 58.9 Å². The van der Waals surface area contributed by atoms with Gasteiger partial charge in [0.1, 0.15) is 0 Å². The third kappa shape index (κ3) is 6.56. The summed E-state index contributed by atoms with van der Waals surface area (Å²) in [6.07, 6.45) is 0. The van der Waals surface area contributed by atoms with E-state index in [0.717, 1.165) is 44.9 Å². The Morgan fingerprint density at radius 1 is 0.305 bits per heavy atom. The van der Waals surface area contributed by atoms with Crippen LogP contribution in [0.4, 0.5) is 0 Å². The van der Waals surface area contributed by atoms with E-state index in [2.05, 4.69) is 200 Å². The largest absolute Gasteiger partial charge is 0.246 e. The van der Waals surface area contributed by atoms with Crippen molar-refractivity contribution in [2.24, 2.45) is 0 Å².